The summed E-state index contributed by atoms with van der Waals surface area (Å²) in [7, 11) is -2.46. The van der Waals surface area contributed by atoms with E-state index < -0.39 is 15.9 Å². The van der Waals surface area contributed by atoms with Crippen LogP contribution in [0, 0.1) is 11.3 Å². The molecule has 3 aromatic rings. The van der Waals surface area contributed by atoms with Gasteiger partial charge in [0.1, 0.15) is 5.75 Å². The van der Waals surface area contributed by atoms with Crippen LogP contribution in [0.25, 0.3) is 0 Å². The highest BCUT2D eigenvalue weighted by atomic mass is 32.2. The first kappa shape index (κ1) is 22.0. The van der Waals surface area contributed by atoms with Gasteiger partial charge >= 0.3 is 0 Å². The standard InChI is InChI=1S/C23H21N3O4S/c1-30-21-10-12-22(13-11-21)31(28,29)26(16-18-6-3-2-4-7-18)17-23(27)25-20-9-5-8-19(14-20)15-24/h2-14H,16-17H2,1H3,(H,25,27). The lowest BCUT2D eigenvalue weighted by Crippen LogP contribution is -2.37. The summed E-state index contributed by atoms with van der Waals surface area (Å²) >= 11 is 0. The average molecular weight is 436 g/mol. The number of anilines is 1. The van der Waals surface area contributed by atoms with Crippen molar-refractivity contribution in [1.29, 1.82) is 5.26 Å². The van der Waals surface area contributed by atoms with Crippen molar-refractivity contribution in [2.24, 2.45) is 0 Å². The molecule has 0 aliphatic heterocycles. The van der Waals surface area contributed by atoms with Crippen LogP contribution in [0.5, 0.6) is 5.75 Å². The van der Waals surface area contributed by atoms with Gasteiger partial charge in [-0.3, -0.25) is 4.79 Å². The molecular weight excluding hydrogens is 414 g/mol. The van der Waals surface area contributed by atoms with Crippen molar-refractivity contribution in [2.75, 3.05) is 19.0 Å². The fourth-order valence-corrected chi connectivity index (χ4v) is 4.32. The molecule has 3 aromatic carbocycles. The van der Waals surface area contributed by atoms with E-state index in [0.29, 0.717) is 17.0 Å². The van der Waals surface area contributed by atoms with Crippen LogP contribution in [0.3, 0.4) is 0 Å². The second-order valence-electron chi connectivity index (χ2n) is 6.68. The minimum atomic E-state index is -3.96. The molecule has 0 heterocycles. The van der Waals surface area contributed by atoms with Gasteiger partial charge in [0.2, 0.25) is 15.9 Å². The number of nitriles is 1. The summed E-state index contributed by atoms with van der Waals surface area (Å²) in [6.45, 7) is -0.360. The molecule has 0 radical (unpaired) electrons. The predicted molar refractivity (Wildman–Crippen MR) is 117 cm³/mol. The van der Waals surface area contributed by atoms with Crippen LogP contribution in [0.1, 0.15) is 11.1 Å². The number of amides is 1. The number of hydrogen-bond donors (Lipinski definition) is 1. The van der Waals surface area contributed by atoms with Crippen LogP contribution in [0.15, 0.2) is 83.8 Å². The summed E-state index contributed by atoms with van der Waals surface area (Å²) in [5.74, 6) is 0.0202. The minimum absolute atomic E-state index is 0.0286. The zero-order valence-electron chi connectivity index (χ0n) is 16.9. The number of rotatable bonds is 8. The third-order valence-electron chi connectivity index (χ3n) is 4.49. The molecule has 0 aliphatic rings. The Kier molecular flexibility index (Phi) is 7.03. The van der Waals surface area contributed by atoms with E-state index in [4.69, 9.17) is 10.00 Å². The van der Waals surface area contributed by atoms with Gasteiger partial charge in [0.15, 0.2) is 0 Å². The molecule has 31 heavy (non-hydrogen) atoms. The van der Waals surface area contributed by atoms with Crippen molar-refractivity contribution >= 4 is 21.6 Å². The molecule has 0 unspecified atom stereocenters. The number of nitrogens with zero attached hydrogens (tertiary/aromatic N) is 2. The molecule has 158 valence electrons. The fourth-order valence-electron chi connectivity index (χ4n) is 2.94. The SMILES string of the molecule is COc1ccc(S(=O)(=O)N(CC(=O)Nc2cccc(C#N)c2)Cc2ccccc2)cc1. The third-order valence-corrected chi connectivity index (χ3v) is 6.30. The number of benzene rings is 3. The lowest BCUT2D eigenvalue weighted by Gasteiger charge is -2.22. The van der Waals surface area contributed by atoms with Crippen LogP contribution in [-0.2, 0) is 21.4 Å². The van der Waals surface area contributed by atoms with Crippen LogP contribution >= 0.6 is 0 Å². The van der Waals surface area contributed by atoms with Gasteiger partial charge in [0.05, 0.1) is 30.2 Å². The van der Waals surface area contributed by atoms with Crippen LogP contribution < -0.4 is 10.1 Å². The summed E-state index contributed by atoms with van der Waals surface area (Å²) in [5, 5.41) is 11.7. The highest BCUT2D eigenvalue weighted by molar-refractivity contribution is 7.89. The lowest BCUT2D eigenvalue weighted by molar-refractivity contribution is -0.116. The van der Waals surface area contributed by atoms with Crippen LogP contribution in [-0.4, -0.2) is 32.3 Å². The van der Waals surface area contributed by atoms with E-state index in [2.05, 4.69) is 5.32 Å². The van der Waals surface area contributed by atoms with Crippen molar-refractivity contribution in [3.05, 3.63) is 90.0 Å². The Hall–Kier alpha value is -3.67. The average Bonchev–Trinajstić information content (AvgIpc) is 2.79. The third kappa shape index (κ3) is 5.69. The van der Waals surface area contributed by atoms with Crippen molar-refractivity contribution in [3.63, 3.8) is 0 Å². The normalized spacial score (nSPS) is 11.0. The van der Waals surface area contributed by atoms with Crippen molar-refractivity contribution in [3.8, 4) is 11.8 Å². The Bertz CT molecular complexity index is 1190. The zero-order chi connectivity index (χ0) is 22.3. The highest BCUT2D eigenvalue weighted by Crippen LogP contribution is 2.21. The molecule has 0 saturated carbocycles. The first-order chi connectivity index (χ1) is 14.9. The number of ether oxygens (including phenoxy) is 1. The van der Waals surface area contributed by atoms with Gasteiger partial charge < -0.3 is 10.1 Å². The van der Waals surface area contributed by atoms with E-state index in [1.54, 1.807) is 54.6 Å². The van der Waals surface area contributed by atoms with Gasteiger partial charge in [-0.15, -0.1) is 0 Å². The van der Waals surface area contributed by atoms with Crippen LogP contribution in [0.4, 0.5) is 5.69 Å². The summed E-state index contributed by atoms with van der Waals surface area (Å²) in [6.07, 6.45) is 0. The van der Waals surface area contributed by atoms with Gasteiger partial charge in [-0.1, -0.05) is 36.4 Å². The largest absolute Gasteiger partial charge is 0.497 e. The van der Waals surface area contributed by atoms with E-state index in [1.165, 1.54) is 25.3 Å². The van der Waals surface area contributed by atoms with Gasteiger partial charge in [0.25, 0.3) is 0 Å². The summed E-state index contributed by atoms with van der Waals surface area (Å²) in [4.78, 5) is 12.7. The van der Waals surface area contributed by atoms with E-state index in [0.717, 1.165) is 9.87 Å². The molecule has 0 fully saturated rings. The maximum Gasteiger partial charge on any atom is 0.243 e. The van der Waals surface area contributed by atoms with Crippen molar-refractivity contribution in [2.45, 2.75) is 11.4 Å². The first-order valence-electron chi connectivity index (χ1n) is 9.40. The van der Waals surface area contributed by atoms with Crippen molar-refractivity contribution in [1.82, 2.24) is 4.31 Å². The van der Waals surface area contributed by atoms with Gasteiger partial charge in [-0.2, -0.15) is 9.57 Å². The van der Waals surface area contributed by atoms with E-state index in [1.807, 2.05) is 12.1 Å². The number of nitrogens with one attached hydrogen (secondary N) is 1. The molecule has 0 saturated heterocycles. The maximum atomic E-state index is 13.3. The second-order valence-corrected chi connectivity index (χ2v) is 8.61. The predicted octanol–water partition coefficient (Wildman–Crippen LogP) is 3.40. The zero-order valence-corrected chi connectivity index (χ0v) is 17.7. The summed E-state index contributed by atoms with van der Waals surface area (Å²) in [6, 6.07) is 23.5. The smallest absolute Gasteiger partial charge is 0.243 e. The Balaban J connectivity index is 1.86. The molecule has 0 atom stereocenters. The Morgan fingerprint density at radius 3 is 2.39 bits per heavy atom. The fraction of sp³-hybridized carbons (Fsp3) is 0.130. The number of methoxy groups -OCH3 is 1. The van der Waals surface area contributed by atoms with E-state index in [9.17, 15) is 13.2 Å². The van der Waals surface area contributed by atoms with Gasteiger partial charge in [0, 0.05) is 12.2 Å². The number of carbonyl (C=O) groups excluding carboxylic acids is 1. The van der Waals surface area contributed by atoms with Crippen molar-refractivity contribution < 1.29 is 17.9 Å². The maximum absolute atomic E-state index is 13.3. The molecule has 3 rings (SSSR count). The second kappa shape index (κ2) is 9.89. The number of sulfonamides is 1. The number of hydrogen-bond acceptors (Lipinski definition) is 5. The van der Waals surface area contributed by atoms with E-state index >= 15 is 0 Å². The topological polar surface area (TPSA) is 99.5 Å². The lowest BCUT2D eigenvalue weighted by atomic mass is 10.2. The molecule has 0 spiro atoms. The van der Waals surface area contributed by atoms with Crippen LogP contribution in [0.2, 0.25) is 0 Å². The Labute approximate surface area is 181 Å². The molecule has 0 aromatic heterocycles. The quantitative estimate of drug-likeness (QED) is 0.585. The summed E-state index contributed by atoms with van der Waals surface area (Å²) in [5.41, 5.74) is 1.56. The molecule has 1 N–H and O–H groups in total. The molecule has 0 aliphatic carbocycles. The Morgan fingerprint density at radius 1 is 1.03 bits per heavy atom. The number of carbonyl (C=O) groups is 1. The van der Waals surface area contributed by atoms with E-state index in [-0.39, 0.29) is 18.0 Å². The molecule has 7 nitrogen and oxygen atoms in total. The summed E-state index contributed by atoms with van der Waals surface area (Å²) < 4.78 is 32.8. The molecular formula is C23H21N3O4S. The molecule has 8 heteroatoms. The highest BCUT2D eigenvalue weighted by Gasteiger charge is 2.27. The van der Waals surface area contributed by atoms with Gasteiger partial charge in [-0.05, 0) is 48.0 Å². The Morgan fingerprint density at radius 2 is 1.74 bits per heavy atom. The first-order valence-corrected chi connectivity index (χ1v) is 10.8. The monoisotopic (exact) mass is 435 g/mol. The van der Waals surface area contributed by atoms with Gasteiger partial charge in [-0.25, -0.2) is 8.42 Å². The molecule has 0 bridgehead atoms. The molecule has 1 amide bonds. The minimum Gasteiger partial charge on any atom is -0.497 e.